The lowest BCUT2D eigenvalue weighted by molar-refractivity contribution is -0.0147. The van der Waals surface area contributed by atoms with Gasteiger partial charge < -0.3 is 10.4 Å². The molecule has 0 amide bonds. The van der Waals surface area contributed by atoms with E-state index >= 15 is 0 Å². The molecule has 0 aliphatic carbocycles. The molecular weight excluding hydrogens is 186 g/mol. The largest absolute Gasteiger partial charge is 0.382 e. The first-order valence-corrected chi connectivity index (χ1v) is 5.63. The zero-order valence-corrected chi connectivity index (χ0v) is 9.46. The Morgan fingerprint density at radius 1 is 1.40 bits per heavy atom. The van der Waals surface area contributed by atoms with E-state index in [1.807, 2.05) is 12.1 Å². The zero-order chi connectivity index (χ0) is 10.9. The molecule has 1 fully saturated rings. The Labute approximate surface area is 91.3 Å². The van der Waals surface area contributed by atoms with Crippen LogP contribution in [0, 0.1) is 5.92 Å². The topological polar surface area (TPSA) is 32.3 Å². The molecular formula is C13H19NO. The number of β-amino-alcohol motifs (C(OH)–C–C–N with tert-alkyl or cyclic N) is 1. The molecule has 0 radical (unpaired) electrons. The van der Waals surface area contributed by atoms with Crippen LogP contribution in [0.1, 0.15) is 25.0 Å². The summed E-state index contributed by atoms with van der Waals surface area (Å²) in [7, 11) is 0. The maximum absolute atomic E-state index is 10.2. The van der Waals surface area contributed by atoms with Crippen LogP contribution >= 0.6 is 0 Å². The summed E-state index contributed by atoms with van der Waals surface area (Å²) < 4.78 is 0. The Morgan fingerprint density at radius 2 is 2.13 bits per heavy atom. The standard InChI is InChI=1S/C13H19NO/c1-10(2)6-11-4-3-5-12(7-11)13(15)8-14-9-13/h3-5,7,10,14-15H,6,8-9H2,1-2H3. The van der Waals surface area contributed by atoms with Gasteiger partial charge in [-0.05, 0) is 23.5 Å². The van der Waals surface area contributed by atoms with E-state index in [-0.39, 0.29) is 0 Å². The van der Waals surface area contributed by atoms with Gasteiger partial charge in [0.2, 0.25) is 0 Å². The first-order chi connectivity index (χ1) is 7.10. The average Bonchev–Trinajstić information content (AvgIpc) is 2.13. The summed E-state index contributed by atoms with van der Waals surface area (Å²) in [5.74, 6) is 0.661. The van der Waals surface area contributed by atoms with Crippen LogP contribution in [0.15, 0.2) is 24.3 Å². The van der Waals surface area contributed by atoms with E-state index in [0.717, 1.165) is 12.0 Å². The van der Waals surface area contributed by atoms with Gasteiger partial charge in [-0.15, -0.1) is 0 Å². The average molecular weight is 205 g/mol. The zero-order valence-electron chi connectivity index (χ0n) is 9.46. The molecule has 1 heterocycles. The quantitative estimate of drug-likeness (QED) is 0.787. The second-order valence-electron chi connectivity index (χ2n) is 4.93. The van der Waals surface area contributed by atoms with E-state index in [4.69, 9.17) is 0 Å². The van der Waals surface area contributed by atoms with Crippen molar-refractivity contribution in [3.63, 3.8) is 0 Å². The highest BCUT2D eigenvalue weighted by atomic mass is 16.3. The predicted molar refractivity (Wildman–Crippen MR) is 61.8 cm³/mol. The van der Waals surface area contributed by atoms with Gasteiger partial charge in [-0.1, -0.05) is 38.1 Å². The Kier molecular flexibility index (Phi) is 2.81. The fourth-order valence-corrected chi connectivity index (χ4v) is 2.03. The molecule has 1 saturated heterocycles. The molecule has 1 aromatic carbocycles. The molecule has 2 rings (SSSR count). The number of rotatable bonds is 3. The molecule has 15 heavy (non-hydrogen) atoms. The summed E-state index contributed by atoms with van der Waals surface area (Å²) in [4.78, 5) is 0. The smallest absolute Gasteiger partial charge is 0.114 e. The molecule has 0 bridgehead atoms. The van der Waals surface area contributed by atoms with Crippen molar-refractivity contribution in [2.24, 2.45) is 5.92 Å². The molecule has 0 atom stereocenters. The highest BCUT2D eigenvalue weighted by Crippen LogP contribution is 2.26. The van der Waals surface area contributed by atoms with Crippen LogP contribution in [0.4, 0.5) is 0 Å². The Morgan fingerprint density at radius 3 is 2.67 bits per heavy atom. The summed E-state index contributed by atoms with van der Waals surface area (Å²) in [5.41, 5.74) is 1.76. The van der Waals surface area contributed by atoms with Crippen molar-refractivity contribution in [3.8, 4) is 0 Å². The SMILES string of the molecule is CC(C)Cc1cccc(C2(O)CNC2)c1. The third kappa shape index (κ3) is 2.21. The Hall–Kier alpha value is -0.860. The van der Waals surface area contributed by atoms with Crippen LogP contribution < -0.4 is 5.32 Å². The lowest BCUT2D eigenvalue weighted by Gasteiger charge is -2.38. The summed E-state index contributed by atoms with van der Waals surface area (Å²) in [5, 5.41) is 13.3. The normalized spacial score (nSPS) is 18.9. The lowest BCUT2D eigenvalue weighted by Crippen LogP contribution is -2.56. The number of benzene rings is 1. The van der Waals surface area contributed by atoms with Crippen LogP contribution in [0.5, 0.6) is 0 Å². The van der Waals surface area contributed by atoms with Gasteiger partial charge >= 0.3 is 0 Å². The summed E-state index contributed by atoms with van der Waals surface area (Å²) in [6.07, 6.45) is 1.08. The van der Waals surface area contributed by atoms with E-state index < -0.39 is 5.60 Å². The molecule has 0 unspecified atom stereocenters. The summed E-state index contributed by atoms with van der Waals surface area (Å²) in [6.45, 7) is 5.79. The lowest BCUT2D eigenvalue weighted by atomic mass is 9.86. The van der Waals surface area contributed by atoms with Crippen LogP contribution in [-0.2, 0) is 12.0 Å². The Balaban J connectivity index is 2.19. The minimum Gasteiger partial charge on any atom is -0.382 e. The van der Waals surface area contributed by atoms with Crippen molar-refractivity contribution in [1.82, 2.24) is 5.32 Å². The second-order valence-corrected chi connectivity index (χ2v) is 4.93. The highest BCUT2D eigenvalue weighted by Gasteiger charge is 2.35. The monoisotopic (exact) mass is 205 g/mol. The van der Waals surface area contributed by atoms with Gasteiger partial charge in [-0.25, -0.2) is 0 Å². The first kappa shape index (κ1) is 10.7. The third-order valence-electron chi connectivity index (χ3n) is 2.94. The van der Waals surface area contributed by atoms with Crippen molar-refractivity contribution in [2.75, 3.05) is 13.1 Å². The second kappa shape index (κ2) is 3.95. The van der Waals surface area contributed by atoms with Gasteiger partial charge in [-0.2, -0.15) is 0 Å². The number of hydrogen-bond donors (Lipinski definition) is 2. The van der Waals surface area contributed by atoms with E-state index in [1.165, 1.54) is 5.56 Å². The van der Waals surface area contributed by atoms with Crippen LogP contribution in [0.2, 0.25) is 0 Å². The van der Waals surface area contributed by atoms with Crippen molar-refractivity contribution in [3.05, 3.63) is 35.4 Å². The fraction of sp³-hybridized carbons (Fsp3) is 0.538. The van der Waals surface area contributed by atoms with Crippen molar-refractivity contribution >= 4 is 0 Å². The molecule has 0 saturated carbocycles. The van der Waals surface area contributed by atoms with Gasteiger partial charge in [0.05, 0.1) is 0 Å². The fourth-order valence-electron chi connectivity index (χ4n) is 2.03. The van der Waals surface area contributed by atoms with Gasteiger partial charge in [0.1, 0.15) is 5.60 Å². The first-order valence-electron chi connectivity index (χ1n) is 5.63. The number of hydrogen-bond acceptors (Lipinski definition) is 2. The van der Waals surface area contributed by atoms with Crippen LogP contribution in [-0.4, -0.2) is 18.2 Å². The van der Waals surface area contributed by atoms with E-state index in [1.54, 1.807) is 0 Å². The van der Waals surface area contributed by atoms with E-state index in [2.05, 4.69) is 31.3 Å². The maximum atomic E-state index is 10.2. The molecule has 1 aliphatic rings. The van der Waals surface area contributed by atoms with Crippen LogP contribution in [0.25, 0.3) is 0 Å². The van der Waals surface area contributed by atoms with Crippen LogP contribution in [0.3, 0.4) is 0 Å². The highest BCUT2D eigenvalue weighted by molar-refractivity contribution is 5.31. The molecule has 1 aliphatic heterocycles. The maximum Gasteiger partial charge on any atom is 0.114 e. The molecule has 2 heteroatoms. The summed E-state index contributed by atoms with van der Waals surface area (Å²) in [6, 6.07) is 8.34. The van der Waals surface area contributed by atoms with Gasteiger partial charge in [0.15, 0.2) is 0 Å². The molecule has 1 aromatic rings. The van der Waals surface area contributed by atoms with Gasteiger partial charge in [-0.3, -0.25) is 0 Å². The molecule has 2 nitrogen and oxygen atoms in total. The number of nitrogens with one attached hydrogen (secondary N) is 1. The predicted octanol–water partition coefficient (Wildman–Crippen LogP) is 1.68. The Bertz CT molecular complexity index is 342. The minimum atomic E-state index is -0.618. The molecule has 0 aromatic heterocycles. The van der Waals surface area contributed by atoms with Crippen molar-refractivity contribution < 1.29 is 5.11 Å². The minimum absolute atomic E-state index is 0.618. The van der Waals surface area contributed by atoms with E-state index in [9.17, 15) is 5.11 Å². The molecule has 2 N–H and O–H groups in total. The van der Waals surface area contributed by atoms with E-state index in [0.29, 0.717) is 19.0 Å². The third-order valence-corrected chi connectivity index (χ3v) is 2.94. The molecule has 82 valence electrons. The van der Waals surface area contributed by atoms with Gasteiger partial charge in [0.25, 0.3) is 0 Å². The number of aliphatic hydroxyl groups is 1. The van der Waals surface area contributed by atoms with Crippen molar-refractivity contribution in [1.29, 1.82) is 0 Å². The van der Waals surface area contributed by atoms with Gasteiger partial charge in [0, 0.05) is 13.1 Å². The van der Waals surface area contributed by atoms with Crippen molar-refractivity contribution in [2.45, 2.75) is 25.9 Å². The molecule has 0 spiro atoms. The summed E-state index contributed by atoms with van der Waals surface area (Å²) >= 11 is 0.